The highest BCUT2D eigenvalue weighted by Gasteiger charge is 2.62. The lowest BCUT2D eigenvalue weighted by molar-refractivity contribution is -0.0853. The first kappa shape index (κ1) is 20.5. The van der Waals surface area contributed by atoms with Gasteiger partial charge in [-0.1, -0.05) is 39.3 Å². The number of rotatable bonds is 2. The average Bonchev–Trinajstić information content (AvgIpc) is 2.99. The van der Waals surface area contributed by atoms with E-state index in [0.29, 0.717) is 41.0 Å². The number of nitrogens with one attached hydrogen (secondary N) is 1. The first-order chi connectivity index (χ1) is 13.8. The van der Waals surface area contributed by atoms with E-state index in [2.05, 4.69) is 38.2 Å². The summed E-state index contributed by atoms with van der Waals surface area (Å²) < 4.78 is 0. The van der Waals surface area contributed by atoms with Crippen LogP contribution < -0.4 is 5.32 Å². The van der Waals surface area contributed by atoms with Crippen LogP contribution in [-0.4, -0.2) is 35.0 Å². The fourth-order valence-electron chi connectivity index (χ4n) is 9.18. The maximum absolute atomic E-state index is 11.3. The molecule has 11 atom stereocenters. The molecule has 29 heavy (non-hydrogen) atoms. The van der Waals surface area contributed by atoms with Gasteiger partial charge in [-0.15, -0.1) is 0 Å². The minimum Gasteiger partial charge on any atom is -0.393 e. The largest absolute Gasteiger partial charge is 0.393 e. The van der Waals surface area contributed by atoms with Gasteiger partial charge < -0.3 is 15.5 Å². The van der Waals surface area contributed by atoms with Crippen LogP contribution in [0.25, 0.3) is 0 Å². The van der Waals surface area contributed by atoms with E-state index in [1.54, 1.807) is 0 Å². The van der Waals surface area contributed by atoms with Gasteiger partial charge in [-0.2, -0.15) is 0 Å². The molecule has 4 fully saturated rings. The average molecular weight is 402 g/mol. The van der Waals surface area contributed by atoms with E-state index in [4.69, 9.17) is 0 Å². The van der Waals surface area contributed by atoms with E-state index < -0.39 is 0 Å². The van der Waals surface area contributed by atoms with Crippen molar-refractivity contribution in [1.82, 2.24) is 5.32 Å². The van der Waals surface area contributed by atoms with Crippen LogP contribution >= 0.6 is 0 Å². The van der Waals surface area contributed by atoms with E-state index in [0.717, 1.165) is 31.7 Å². The van der Waals surface area contributed by atoms with Crippen LogP contribution in [0.4, 0.5) is 0 Å². The Kier molecular flexibility index (Phi) is 5.20. The van der Waals surface area contributed by atoms with Gasteiger partial charge in [-0.3, -0.25) is 0 Å². The summed E-state index contributed by atoms with van der Waals surface area (Å²) in [7, 11) is 0. The maximum atomic E-state index is 11.3. The highest BCUT2D eigenvalue weighted by Crippen LogP contribution is 2.67. The topological polar surface area (TPSA) is 52.5 Å². The summed E-state index contributed by atoms with van der Waals surface area (Å²) in [6, 6.07) is 0.584. The number of piperidine rings is 1. The number of allylic oxidation sites excluding steroid dienone is 2. The Morgan fingerprint density at radius 2 is 1.72 bits per heavy atom. The molecule has 3 nitrogen and oxygen atoms in total. The molecule has 0 aromatic rings. The van der Waals surface area contributed by atoms with Gasteiger partial charge in [0.1, 0.15) is 0 Å². The molecule has 1 aliphatic heterocycles. The molecule has 1 heterocycles. The Labute approximate surface area is 177 Å². The van der Waals surface area contributed by atoms with Crippen LogP contribution in [0.15, 0.2) is 12.2 Å². The van der Waals surface area contributed by atoms with Crippen LogP contribution in [0.5, 0.6) is 0 Å². The predicted octanol–water partition coefficient (Wildman–Crippen LogP) is 4.53. The highest BCUT2D eigenvalue weighted by atomic mass is 16.3. The van der Waals surface area contributed by atoms with Crippen molar-refractivity contribution in [3.63, 3.8) is 0 Å². The van der Waals surface area contributed by atoms with Crippen LogP contribution in [0.3, 0.4) is 0 Å². The van der Waals surface area contributed by atoms with Gasteiger partial charge in [0.05, 0.1) is 12.2 Å². The molecule has 0 amide bonds. The zero-order chi connectivity index (χ0) is 20.4. The second-order valence-electron chi connectivity index (χ2n) is 12.0. The van der Waals surface area contributed by atoms with E-state index >= 15 is 0 Å². The lowest BCUT2D eigenvalue weighted by Gasteiger charge is -2.59. The van der Waals surface area contributed by atoms with Gasteiger partial charge in [0.25, 0.3) is 0 Å². The molecule has 5 aliphatic rings. The van der Waals surface area contributed by atoms with Crippen molar-refractivity contribution in [2.24, 2.45) is 46.3 Å². The van der Waals surface area contributed by atoms with Crippen molar-refractivity contribution in [2.75, 3.05) is 6.54 Å². The Bertz CT molecular complexity index is 643. The fraction of sp³-hybridized carbons (Fsp3) is 0.923. The summed E-state index contributed by atoms with van der Waals surface area (Å²) >= 11 is 0. The molecule has 3 heteroatoms. The molecule has 0 spiro atoms. The van der Waals surface area contributed by atoms with Crippen molar-refractivity contribution < 1.29 is 10.2 Å². The van der Waals surface area contributed by atoms with E-state index in [9.17, 15) is 10.2 Å². The van der Waals surface area contributed by atoms with Crippen molar-refractivity contribution in [1.29, 1.82) is 0 Å². The summed E-state index contributed by atoms with van der Waals surface area (Å²) in [5.74, 6) is 3.50. The van der Waals surface area contributed by atoms with Gasteiger partial charge in [-0.25, -0.2) is 0 Å². The highest BCUT2D eigenvalue weighted by molar-refractivity contribution is 5.19. The number of aliphatic hydroxyl groups is 2. The standard InChI is InChI=1S/C26H43NO2/c1-16(22-6-4-5-13-27-22)24-23(29)15-21-19-8-7-17-14-18(28)9-11-25(17,2)20(19)10-12-26(21,24)3/h7-8,16-24,27-29H,4-6,9-15H2,1-3H3/t16-,17?,18+,19?,20+,21?,22+,23+,24?,25+,26+/m1/s1. The van der Waals surface area contributed by atoms with Crippen LogP contribution in [0, 0.1) is 46.3 Å². The molecular weight excluding hydrogens is 358 g/mol. The molecule has 4 aliphatic carbocycles. The van der Waals surface area contributed by atoms with Crippen LogP contribution in [0.2, 0.25) is 0 Å². The molecule has 0 aromatic heterocycles. The van der Waals surface area contributed by atoms with Crippen molar-refractivity contribution in [3.8, 4) is 0 Å². The van der Waals surface area contributed by atoms with Crippen LogP contribution in [-0.2, 0) is 0 Å². The monoisotopic (exact) mass is 401 g/mol. The molecule has 4 unspecified atom stereocenters. The number of hydrogen-bond acceptors (Lipinski definition) is 3. The van der Waals surface area contributed by atoms with E-state index in [1.165, 1.54) is 38.5 Å². The summed E-state index contributed by atoms with van der Waals surface area (Å²) in [5, 5.41) is 25.3. The van der Waals surface area contributed by atoms with Gasteiger partial charge in [0.2, 0.25) is 0 Å². The number of aliphatic hydroxyl groups excluding tert-OH is 2. The van der Waals surface area contributed by atoms with Gasteiger partial charge in [0, 0.05) is 6.04 Å². The summed E-state index contributed by atoms with van der Waals surface area (Å²) in [6.07, 6.45) is 15.3. The molecule has 3 N–H and O–H groups in total. The maximum Gasteiger partial charge on any atom is 0.0579 e. The molecular formula is C26H43NO2. The first-order valence-electron chi connectivity index (χ1n) is 12.6. The zero-order valence-electron chi connectivity index (χ0n) is 18.8. The molecule has 3 saturated carbocycles. The summed E-state index contributed by atoms with van der Waals surface area (Å²) in [5.41, 5.74) is 0.612. The molecule has 0 bridgehead atoms. The smallest absolute Gasteiger partial charge is 0.0579 e. The predicted molar refractivity (Wildman–Crippen MR) is 117 cm³/mol. The molecule has 164 valence electrons. The van der Waals surface area contributed by atoms with E-state index in [1.807, 2.05) is 0 Å². The normalized spacial score (nSPS) is 55.6. The van der Waals surface area contributed by atoms with Gasteiger partial charge in [0.15, 0.2) is 0 Å². The zero-order valence-corrected chi connectivity index (χ0v) is 18.8. The third kappa shape index (κ3) is 3.09. The van der Waals surface area contributed by atoms with Crippen molar-refractivity contribution in [2.45, 2.75) is 96.8 Å². The number of fused-ring (bicyclic) bond motifs is 5. The minimum absolute atomic E-state index is 0.107. The third-order valence-electron chi connectivity index (χ3n) is 10.8. The Morgan fingerprint density at radius 1 is 0.931 bits per heavy atom. The molecule has 0 aromatic carbocycles. The van der Waals surface area contributed by atoms with Crippen LogP contribution in [0.1, 0.15) is 78.6 Å². The Balaban J connectivity index is 1.42. The molecule has 0 radical (unpaired) electrons. The van der Waals surface area contributed by atoms with Gasteiger partial charge >= 0.3 is 0 Å². The first-order valence-corrected chi connectivity index (χ1v) is 12.6. The lowest BCUT2D eigenvalue weighted by Crippen LogP contribution is -2.53. The van der Waals surface area contributed by atoms with E-state index in [-0.39, 0.29) is 17.6 Å². The van der Waals surface area contributed by atoms with Gasteiger partial charge in [-0.05, 0) is 104 Å². The molecule has 1 saturated heterocycles. The Hall–Kier alpha value is -0.380. The summed E-state index contributed by atoms with van der Waals surface area (Å²) in [4.78, 5) is 0. The van der Waals surface area contributed by atoms with Crippen molar-refractivity contribution in [3.05, 3.63) is 12.2 Å². The second-order valence-corrected chi connectivity index (χ2v) is 12.0. The van der Waals surface area contributed by atoms with Crippen molar-refractivity contribution >= 4 is 0 Å². The SMILES string of the molecule is C[C@@H](C1[C@@H](O)CC2C3C=CC4C[C@@H](O)CC[C@]4(C)[C@H]3CC[C@@]21C)[C@@H]1CCCCN1. The quantitative estimate of drug-likeness (QED) is 0.596. The minimum atomic E-state index is -0.144. The third-order valence-corrected chi connectivity index (χ3v) is 10.8. The summed E-state index contributed by atoms with van der Waals surface area (Å²) in [6.45, 7) is 8.62. The second kappa shape index (κ2) is 7.35. The molecule has 5 rings (SSSR count). The Morgan fingerprint density at radius 3 is 2.48 bits per heavy atom. The number of hydrogen-bond donors (Lipinski definition) is 3. The lowest BCUT2D eigenvalue weighted by atomic mass is 9.46. The fourth-order valence-corrected chi connectivity index (χ4v) is 9.18.